The highest BCUT2D eigenvalue weighted by atomic mass is 16.3. The van der Waals surface area contributed by atoms with Gasteiger partial charge in [-0.05, 0) is 74.5 Å². The van der Waals surface area contributed by atoms with Gasteiger partial charge in [0.05, 0.1) is 5.60 Å². The smallest absolute Gasteiger partial charge is 0.0622 e. The molecule has 0 aromatic heterocycles. The predicted molar refractivity (Wildman–Crippen MR) is 66.0 cm³/mol. The van der Waals surface area contributed by atoms with Gasteiger partial charge in [-0.1, -0.05) is 13.8 Å². The van der Waals surface area contributed by atoms with Gasteiger partial charge in [-0.25, -0.2) is 0 Å². The Labute approximate surface area is 99.6 Å². The van der Waals surface area contributed by atoms with E-state index in [-0.39, 0.29) is 0 Å². The van der Waals surface area contributed by atoms with Gasteiger partial charge in [0.2, 0.25) is 0 Å². The number of fused-ring (bicyclic) bond motifs is 1. The molecule has 0 aromatic rings. The summed E-state index contributed by atoms with van der Waals surface area (Å²) in [6.45, 7) is 8.96. The van der Waals surface area contributed by atoms with Crippen LogP contribution in [0.15, 0.2) is 0 Å². The van der Waals surface area contributed by atoms with E-state index in [1.54, 1.807) is 0 Å². The van der Waals surface area contributed by atoms with Crippen LogP contribution in [0.25, 0.3) is 0 Å². The molecule has 4 unspecified atom stereocenters. The summed E-state index contributed by atoms with van der Waals surface area (Å²) in [5, 5.41) is 10.4. The van der Waals surface area contributed by atoms with Crippen molar-refractivity contribution in [2.75, 3.05) is 0 Å². The van der Waals surface area contributed by atoms with Crippen molar-refractivity contribution in [2.45, 2.75) is 59.0 Å². The van der Waals surface area contributed by atoms with Crippen LogP contribution < -0.4 is 0 Å². The molecule has 92 valence electrons. The van der Waals surface area contributed by atoms with Crippen LogP contribution in [-0.4, -0.2) is 10.7 Å². The first kappa shape index (κ1) is 11.1. The van der Waals surface area contributed by atoms with E-state index in [0.717, 1.165) is 23.7 Å². The molecule has 0 bridgehead atoms. The Balaban J connectivity index is 1.90. The van der Waals surface area contributed by atoms with Crippen LogP contribution in [-0.2, 0) is 0 Å². The third-order valence-electron chi connectivity index (χ3n) is 6.33. The lowest BCUT2D eigenvalue weighted by Crippen LogP contribution is -2.38. The monoisotopic (exact) mass is 222 g/mol. The molecular weight excluding hydrogens is 196 g/mol. The molecule has 0 radical (unpaired) electrons. The highest BCUT2D eigenvalue weighted by molar-refractivity contribution is 5.22. The zero-order valence-corrected chi connectivity index (χ0v) is 11.2. The molecule has 1 nitrogen and oxygen atoms in total. The quantitative estimate of drug-likeness (QED) is 0.720. The van der Waals surface area contributed by atoms with Gasteiger partial charge in [0, 0.05) is 0 Å². The van der Waals surface area contributed by atoms with E-state index in [1.807, 2.05) is 13.8 Å². The van der Waals surface area contributed by atoms with Gasteiger partial charge in [-0.3, -0.25) is 0 Å². The second kappa shape index (κ2) is 3.04. The highest BCUT2D eigenvalue weighted by Crippen LogP contribution is 2.79. The summed E-state index contributed by atoms with van der Waals surface area (Å²) in [5.41, 5.74) is 0.199. The van der Waals surface area contributed by atoms with E-state index in [1.165, 1.54) is 25.7 Å². The maximum atomic E-state index is 10.4. The Kier molecular flexibility index (Phi) is 2.11. The first-order valence-corrected chi connectivity index (χ1v) is 7.11. The Bertz CT molecular complexity index is 303. The van der Waals surface area contributed by atoms with E-state index in [9.17, 15) is 5.11 Å². The summed E-state index contributed by atoms with van der Waals surface area (Å²) in [6.07, 6.45) is 5.47. The molecular formula is C15H26O. The first-order valence-electron chi connectivity index (χ1n) is 7.11. The molecule has 0 heterocycles. The maximum absolute atomic E-state index is 10.4. The zero-order chi connectivity index (χ0) is 11.7. The molecule has 1 heteroatoms. The van der Waals surface area contributed by atoms with Crippen LogP contribution in [0.5, 0.6) is 0 Å². The Morgan fingerprint density at radius 2 is 1.75 bits per heavy atom. The van der Waals surface area contributed by atoms with E-state index in [0.29, 0.717) is 11.3 Å². The molecule has 16 heavy (non-hydrogen) atoms. The van der Waals surface area contributed by atoms with Crippen LogP contribution in [0, 0.1) is 35.0 Å². The van der Waals surface area contributed by atoms with Crippen molar-refractivity contribution in [3.63, 3.8) is 0 Å². The first-order chi connectivity index (χ1) is 7.39. The molecule has 0 saturated heterocycles. The lowest BCUT2D eigenvalue weighted by Gasteiger charge is -2.39. The van der Waals surface area contributed by atoms with Crippen molar-refractivity contribution in [3.8, 4) is 0 Å². The van der Waals surface area contributed by atoms with Gasteiger partial charge in [-0.2, -0.15) is 0 Å². The highest BCUT2D eigenvalue weighted by Gasteiger charge is 2.74. The lowest BCUT2D eigenvalue weighted by molar-refractivity contribution is -0.0266. The van der Waals surface area contributed by atoms with Gasteiger partial charge >= 0.3 is 0 Å². The van der Waals surface area contributed by atoms with Crippen molar-refractivity contribution in [2.24, 2.45) is 35.0 Å². The second-order valence-corrected chi connectivity index (χ2v) is 7.42. The van der Waals surface area contributed by atoms with E-state index < -0.39 is 5.60 Å². The fourth-order valence-electron chi connectivity index (χ4n) is 5.59. The standard InChI is InChI=1S/C15H26O/c1-9-7-8-15-10(2)5-6-11(14(3,4)16)13(15)12(9)15/h9-13,16H,5-8H2,1-4H3/t9?,10-,11-,12?,13?,15?/m1/s1. The third-order valence-corrected chi connectivity index (χ3v) is 6.33. The van der Waals surface area contributed by atoms with Crippen molar-refractivity contribution in [3.05, 3.63) is 0 Å². The number of aliphatic hydroxyl groups is 1. The summed E-state index contributed by atoms with van der Waals surface area (Å²) in [5.74, 6) is 4.18. The topological polar surface area (TPSA) is 20.2 Å². The minimum Gasteiger partial charge on any atom is -0.390 e. The fourth-order valence-corrected chi connectivity index (χ4v) is 5.59. The average Bonchev–Trinajstić information content (AvgIpc) is 2.73. The number of rotatable bonds is 1. The third kappa shape index (κ3) is 1.16. The van der Waals surface area contributed by atoms with E-state index in [2.05, 4.69) is 13.8 Å². The SMILES string of the molecule is CC1CCC23C1C2[C@H](C(C)(C)O)CC[C@H]3C. The second-order valence-electron chi connectivity index (χ2n) is 7.42. The maximum Gasteiger partial charge on any atom is 0.0622 e. The van der Waals surface area contributed by atoms with E-state index >= 15 is 0 Å². The van der Waals surface area contributed by atoms with Gasteiger partial charge in [0.25, 0.3) is 0 Å². The largest absolute Gasteiger partial charge is 0.390 e. The van der Waals surface area contributed by atoms with Crippen molar-refractivity contribution in [1.82, 2.24) is 0 Å². The molecule has 0 aliphatic heterocycles. The van der Waals surface area contributed by atoms with Crippen molar-refractivity contribution in [1.29, 1.82) is 0 Å². The van der Waals surface area contributed by atoms with Gasteiger partial charge in [0.1, 0.15) is 0 Å². The molecule has 1 spiro atoms. The fraction of sp³-hybridized carbons (Fsp3) is 1.00. The summed E-state index contributed by atoms with van der Waals surface area (Å²) in [7, 11) is 0. The molecule has 0 amide bonds. The van der Waals surface area contributed by atoms with Crippen molar-refractivity contribution < 1.29 is 5.11 Å². The van der Waals surface area contributed by atoms with Crippen LogP contribution in [0.3, 0.4) is 0 Å². The normalized spacial score (nSPS) is 55.7. The van der Waals surface area contributed by atoms with Crippen LogP contribution in [0.4, 0.5) is 0 Å². The molecule has 6 atom stereocenters. The Morgan fingerprint density at radius 1 is 1.06 bits per heavy atom. The summed E-state index contributed by atoms with van der Waals surface area (Å²) in [6, 6.07) is 0. The zero-order valence-electron chi connectivity index (χ0n) is 11.2. The predicted octanol–water partition coefficient (Wildman–Crippen LogP) is 3.47. The summed E-state index contributed by atoms with van der Waals surface area (Å²) >= 11 is 0. The number of hydrogen-bond donors (Lipinski definition) is 1. The minimum atomic E-state index is -0.456. The molecule has 3 rings (SSSR count). The van der Waals surface area contributed by atoms with Crippen LogP contribution >= 0.6 is 0 Å². The molecule has 3 aliphatic carbocycles. The van der Waals surface area contributed by atoms with Crippen LogP contribution in [0.1, 0.15) is 53.4 Å². The number of hydrogen-bond acceptors (Lipinski definition) is 1. The molecule has 3 aliphatic rings. The van der Waals surface area contributed by atoms with Gasteiger partial charge in [-0.15, -0.1) is 0 Å². The molecule has 1 N–H and O–H groups in total. The van der Waals surface area contributed by atoms with Crippen LogP contribution in [0.2, 0.25) is 0 Å². The van der Waals surface area contributed by atoms with E-state index in [4.69, 9.17) is 0 Å². The lowest BCUT2D eigenvalue weighted by atomic mass is 9.68. The molecule has 3 fully saturated rings. The van der Waals surface area contributed by atoms with Gasteiger partial charge < -0.3 is 5.11 Å². The Hall–Kier alpha value is -0.0400. The summed E-state index contributed by atoms with van der Waals surface area (Å²) < 4.78 is 0. The summed E-state index contributed by atoms with van der Waals surface area (Å²) in [4.78, 5) is 0. The van der Waals surface area contributed by atoms with Gasteiger partial charge in [0.15, 0.2) is 0 Å². The minimum absolute atomic E-state index is 0.456. The van der Waals surface area contributed by atoms with Crippen molar-refractivity contribution >= 4 is 0 Å². The Morgan fingerprint density at radius 3 is 2.38 bits per heavy atom. The average molecular weight is 222 g/mol. The molecule has 3 saturated carbocycles. The molecule has 0 aromatic carbocycles.